The highest BCUT2D eigenvalue weighted by Crippen LogP contribution is 2.42. The summed E-state index contributed by atoms with van der Waals surface area (Å²) in [4.78, 5) is 0. The summed E-state index contributed by atoms with van der Waals surface area (Å²) in [6.07, 6.45) is 0. The standard InChI is InChI=1S/C16H10N2/c17-9-15-11-5-1-2-6-12(11)16(10-18)14-8-4-3-7-13(14)15/h1-8,15-16H. The van der Waals surface area contributed by atoms with Crippen molar-refractivity contribution in [2.45, 2.75) is 11.8 Å². The van der Waals surface area contributed by atoms with E-state index in [2.05, 4.69) is 12.1 Å². The van der Waals surface area contributed by atoms with Gasteiger partial charge in [-0.05, 0) is 22.3 Å². The Morgan fingerprint density at radius 2 is 0.889 bits per heavy atom. The van der Waals surface area contributed by atoms with Crippen LogP contribution >= 0.6 is 0 Å². The molecule has 0 spiro atoms. The lowest BCUT2D eigenvalue weighted by atomic mass is 9.73. The van der Waals surface area contributed by atoms with Gasteiger partial charge in [0.1, 0.15) is 0 Å². The molecule has 0 heterocycles. The second-order valence-electron chi connectivity index (χ2n) is 4.38. The van der Waals surface area contributed by atoms with E-state index in [0.717, 1.165) is 22.3 Å². The summed E-state index contributed by atoms with van der Waals surface area (Å²) in [5.41, 5.74) is 3.85. The van der Waals surface area contributed by atoms with Crippen LogP contribution in [0.3, 0.4) is 0 Å². The van der Waals surface area contributed by atoms with Crippen molar-refractivity contribution in [3.63, 3.8) is 0 Å². The maximum atomic E-state index is 9.41. The van der Waals surface area contributed by atoms with Crippen molar-refractivity contribution in [2.75, 3.05) is 0 Å². The number of benzene rings is 2. The van der Waals surface area contributed by atoms with E-state index in [1.54, 1.807) is 0 Å². The third kappa shape index (κ3) is 1.33. The molecule has 84 valence electrons. The predicted octanol–water partition coefficient (Wildman–Crippen LogP) is 3.31. The van der Waals surface area contributed by atoms with Crippen LogP contribution in [0.4, 0.5) is 0 Å². The fraction of sp³-hybridized carbons (Fsp3) is 0.125. The first kappa shape index (κ1) is 10.6. The molecular weight excluding hydrogens is 220 g/mol. The fourth-order valence-corrected chi connectivity index (χ4v) is 2.69. The molecule has 2 nitrogen and oxygen atoms in total. The minimum atomic E-state index is -0.262. The van der Waals surface area contributed by atoms with Crippen molar-refractivity contribution >= 4 is 0 Å². The SMILES string of the molecule is N#CC1c2ccccc2C(C#N)c2ccccc21. The molecule has 0 bridgehead atoms. The van der Waals surface area contributed by atoms with Crippen LogP contribution in [0.2, 0.25) is 0 Å². The normalized spacial score (nSPS) is 20.1. The average Bonchev–Trinajstić information content (AvgIpc) is 2.44. The molecule has 0 unspecified atom stereocenters. The first-order chi connectivity index (χ1) is 8.86. The molecule has 0 N–H and O–H groups in total. The largest absolute Gasteiger partial charge is 0.197 e. The molecule has 0 atom stereocenters. The third-order valence-electron chi connectivity index (χ3n) is 3.49. The van der Waals surface area contributed by atoms with Crippen LogP contribution in [-0.2, 0) is 0 Å². The Kier molecular flexibility index (Phi) is 2.36. The van der Waals surface area contributed by atoms with Crippen LogP contribution < -0.4 is 0 Å². The van der Waals surface area contributed by atoms with Crippen LogP contribution in [0.25, 0.3) is 0 Å². The van der Waals surface area contributed by atoms with Crippen LogP contribution in [0.5, 0.6) is 0 Å². The number of nitriles is 2. The molecule has 0 fully saturated rings. The lowest BCUT2D eigenvalue weighted by molar-refractivity contribution is 0.871. The van der Waals surface area contributed by atoms with Crippen molar-refractivity contribution < 1.29 is 0 Å². The Hall–Kier alpha value is -2.58. The molecule has 0 aliphatic heterocycles. The van der Waals surface area contributed by atoms with Gasteiger partial charge in [-0.25, -0.2) is 0 Å². The van der Waals surface area contributed by atoms with Crippen molar-refractivity contribution in [1.82, 2.24) is 0 Å². The first-order valence-corrected chi connectivity index (χ1v) is 5.83. The van der Waals surface area contributed by atoms with Gasteiger partial charge in [-0.1, -0.05) is 48.5 Å². The minimum absolute atomic E-state index is 0.262. The van der Waals surface area contributed by atoms with Gasteiger partial charge < -0.3 is 0 Å². The Bertz CT molecular complexity index is 581. The molecule has 0 aromatic heterocycles. The van der Waals surface area contributed by atoms with Crippen molar-refractivity contribution in [3.05, 3.63) is 70.8 Å². The van der Waals surface area contributed by atoms with Crippen LogP contribution in [0.15, 0.2) is 48.5 Å². The number of nitrogens with zero attached hydrogens (tertiary/aromatic N) is 2. The quantitative estimate of drug-likeness (QED) is 0.697. The maximum Gasteiger partial charge on any atom is 0.0969 e. The van der Waals surface area contributed by atoms with E-state index in [9.17, 15) is 10.5 Å². The van der Waals surface area contributed by atoms with Gasteiger partial charge in [-0.15, -0.1) is 0 Å². The van der Waals surface area contributed by atoms with Gasteiger partial charge in [-0.2, -0.15) is 10.5 Å². The van der Waals surface area contributed by atoms with E-state index < -0.39 is 0 Å². The maximum absolute atomic E-state index is 9.41. The van der Waals surface area contributed by atoms with E-state index in [0.29, 0.717) is 0 Å². The van der Waals surface area contributed by atoms with Gasteiger partial charge in [0.15, 0.2) is 0 Å². The van der Waals surface area contributed by atoms with Gasteiger partial charge in [0.2, 0.25) is 0 Å². The zero-order valence-electron chi connectivity index (χ0n) is 9.67. The molecule has 1 aliphatic rings. The van der Waals surface area contributed by atoms with E-state index >= 15 is 0 Å². The van der Waals surface area contributed by atoms with Gasteiger partial charge in [-0.3, -0.25) is 0 Å². The lowest BCUT2D eigenvalue weighted by Crippen LogP contribution is -2.16. The predicted molar refractivity (Wildman–Crippen MR) is 67.8 cm³/mol. The molecule has 0 radical (unpaired) electrons. The fourth-order valence-electron chi connectivity index (χ4n) is 2.69. The second kappa shape index (κ2) is 4.02. The van der Waals surface area contributed by atoms with E-state index in [4.69, 9.17) is 0 Å². The smallest absolute Gasteiger partial charge is 0.0969 e. The highest BCUT2D eigenvalue weighted by atomic mass is 14.4. The third-order valence-corrected chi connectivity index (χ3v) is 3.49. The van der Waals surface area contributed by atoms with Crippen LogP contribution in [0.1, 0.15) is 34.1 Å². The molecule has 0 saturated heterocycles. The number of fused-ring (bicyclic) bond motifs is 2. The molecule has 0 amide bonds. The highest BCUT2D eigenvalue weighted by molar-refractivity contribution is 5.57. The van der Waals surface area contributed by atoms with Gasteiger partial charge >= 0.3 is 0 Å². The summed E-state index contributed by atoms with van der Waals surface area (Å²) < 4.78 is 0. The van der Waals surface area contributed by atoms with Crippen LogP contribution in [0, 0.1) is 22.7 Å². The van der Waals surface area contributed by atoms with Gasteiger partial charge in [0.05, 0.1) is 24.0 Å². The summed E-state index contributed by atoms with van der Waals surface area (Å²) in [6.45, 7) is 0. The Morgan fingerprint density at radius 3 is 1.11 bits per heavy atom. The summed E-state index contributed by atoms with van der Waals surface area (Å²) in [7, 11) is 0. The molecular formula is C16H10N2. The van der Waals surface area contributed by atoms with Crippen LogP contribution in [-0.4, -0.2) is 0 Å². The summed E-state index contributed by atoms with van der Waals surface area (Å²) in [5.74, 6) is -0.524. The van der Waals surface area contributed by atoms with Crippen molar-refractivity contribution in [2.24, 2.45) is 0 Å². The number of hydrogen-bond acceptors (Lipinski definition) is 2. The topological polar surface area (TPSA) is 47.6 Å². The van der Waals surface area contributed by atoms with E-state index in [1.165, 1.54) is 0 Å². The zero-order chi connectivity index (χ0) is 12.5. The molecule has 0 saturated carbocycles. The molecule has 2 aromatic rings. The highest BCUT2D eigenvalue weighted by Gasteiger charge is 2.31. The molecule has 18 heavy (non-hydrogen) atoms. The van der Waals surface area contributed by atoms with E-state index in [-0.39, 0.29) is 11.8 Å². The minimum Gasteiger partial charge on any atom is -0.197 e. The monoisotopic (exact) mass is 230 g/mol. The second-order valence-corrected chi connectivity index (χ2v) is 4.38. The van der Waals surface area contributed by atoms with Crippen molar-refractivity contribution in [1.29, 1.82) is 10.5 Å². The number of rotatable bonds is 0. The van der Waals surface area contributed by atoms with Gasteiger partial charge in [0.25, 0.3) is 0 Å². The Morgan fingerprint density at radius 1 is 0.611 bits per heavy atom. The number of hydrogen-bond donors (Lipinski definition) is 0. The molecule has 2 heteroatoms. The first-order valence-electron chi connectivity index (χ1n) is 5.83. The lowest BCUT2D eigenvalue weighted by Gasteiger charge is -2.27. The van der Waals surface area contributed by atoms with E-state index in [1.807, 2.05) is 48.5 Å². The van der Waals surface area contributed by atoms with Gasteiger partial charge in [0, 0.05) is 0 Å². The summed E-state index contributed by atoms with van der Waals surface area (Å²) in [5, 5.41) is 18.8. The Labute approximate surface area is 106 Å². The average molecular weight is 230 g/mol. The Balaban J connectivity index is 2.33. The summed E-state index contributed by atoms with van der Waals surface area (Å²) in [6, 6.07) is 20.2. The molecule has 1 aliphatic carbocycles. The zero-order valence-corrected chi connectivity index (χ0v) is 9.67. The van der Waals surface area contributed by atoms with Crippen molar-refractivity contribution in [3.8, 4) is 12.1 Å². The molecule has 2 aromatic carbocycles. The summed E-state index contributed by atoms with van der Waals surface area (Å²) >= 11 is 0. The molecule has 3 rings (SSSR count).